The number of nitrogens with one attached hydrogen (secondary N) is 1. The lowest BCUT2D eigenvalue weighted by Crippen LogP contribution is -3.15. The van der Waals surface area contributed by atoms with Crippen LogP contribution in [-0.2, 0) is 0 Å². The predicted octanol–water partition coefficient (Wildman–Crippen LogP) is 3.00. The van der Waals surface area contributed by atoms with Gasteiger partial charge in [-0.2, -0.15) is 0 Å². The number of nitrogens with zero attached hydrogens (tertiary/aromatic N) is 3. The third-order valence-corrected chi connectivity index (χ3v) is 5.79. The second-order valence-electron chi connectivity index (χ2n) is 7.59. The smallest absolute Gasteiger partial charge is 0.299 e. The van der Waals surface area contributed by atoms with Crippen molar-refractivity contribution >= 4 is 17.1 Å². The predicted molar refractivity (Wildman–Crippen MR) is 117 cm³/mol. The minimum absolute atomic E-state index is 0.177. The van der Waals surface area contributed by atoms with Crippen LogP contribution in [0.1, 0.15) is 17.2 Å². The van der Waals surface area contributed by atoms with Crippen LogP contribution in [0.4, 0.5) is 17.1 Å². The van der Waals surface area contributed by atoms with Crippen LogP contribution >= 0.6 is 0 Å². The molecule has 8 nitrogen and oxygen atoms in total. The van der Waals surface area contributed by atoms with Gasteiger partial charge in [0, 0.05) is 17.2 Å². The zero-order valence-electron chi connectivity index (χ0n) is 16.9. The maximum Gasteiger partial charge on any atom is 0.299 e. The molecule has 0 saturated carbocycles. The standard InChI is InChI=1S/C23H22N4O4/c28-26(29)20-11-12-21(22(17-20)27(30)31)24-13-15-25(16-14-24)23(18-7-3-1-4-8-18)19-9-5-2-6-10-19/h1-12,17,23H,13-16H2/p+1. The molecule has 0 spiro atoms. The molecule has 1 aliphatic rings. The third kappa shape index (κ3) is 4.39. The Labute approximate surface area is 179 Å². The van der Waals surface area contributed by atoms with Crippen molar-refractivity contribution in [2.45, 2.75) is 6.04 Å². The van der Waals surface area contributed by atoms with Crippen molar-refractivity contribution in [1.29, 1.82) is 0 Å². The van der Waals surface area contributed by atoms with E-state index in [0.717, 1.165) is 19.2 Å². The molecule has 158 valence electrons. The second-order valence-corrected chi connectivity index (χ2v) is 7.59. The highest BCUT2D eigenvalue weighted by Gasteiger charge is 2.32. The second kappa shape index (κ2) is 8.93. The number of anilines is 1. The molecule has 3 aromatic rings. The molecule has 0 radical (unpaired) electrons. The van der Waals surface area contributed by atoms with Crippen molar-refractivity contribution in [3.8, 4) is 0 Å². The van der Waals surface area contributed by atoms with E-state index < -0.39 is 9.85 Å². The third-order valence-electron chi connectivity index (χ3n) is 5.79. The van der Waals surface area contributed by atoms with E-state index in [1.54, 1.807) is 0 Å². The molecule has 1 aliphatic heterocycles. The summed E-state index contributed by atoms with van der Waals surface area (Å²) in [6.45, 7) is 2.85. The first-order valence-corrected chi connectivity index (χ1v) is 10.2. The molecule has 31 heavy (non-hydrogen) atoms. The lowest BCUT2D eigenvalue weighted by Gasteiger charge is -2.37. The maximum atomic E-state index is 11.5. The highest BCUT2D eigenvalue weighted by Crippen LogP contribution is 2.32. The van der Waals surface area contributed by atoms with Gasteiger partial charge in [-0.3, -0.25) is 20.2 Å². The minimum atomic E-state index is -0.608. The summed E-state index contributed by atoms with van der Waals surface area (Å²) >= 11 is 0. The molecule has 1 fully saturated rings. The van der Waals surface area contributed by atoms with E-state index in [9.17, 15) is 20.2 Å². The van der Waals surface area contributed by atoms with E-state index in [2.05, 4.69) is 24.3 Å². The van der Waals surface area contributed by atoms with Gasteiger partial charge in [-0.25, -0.2) is 0 Å². The fourth-order valence-electron chi connectivity index (χ4n) is 4.32. The van der Waals surface area contributed by atoms with Crippen LogP contribution in [0.25, 0.3) is 0 Å². The quantitative estimate of drug-likeness (QED) is 0.490. The van der Waals surface area contributed by atoms with E-state index in [4.69, 9.17) is 0 Å². The Bertz CT molecular complexity index is 1030. The lowest BCUT2D eigenvalue weighted by molar-refractivity contribution is -0.926. The molecule has 1 heterocycles. The summed E-state index contributed by atoms with van der Waals surface area (Å²) < 4.78 is 0. The SMILES string of the molecule is O=[N+]([O-])c1ccc(N2CC[NH+](C(c3ccccc3)c3ccccc3)CC2)c([N+](=O)[O-])c1. The van der Waals surface area contributed by atoms with Crippen LogP contribution in [0.5, 0.6) is 0 Å². The van der Waals surface area contributed by atoms with E-state index >= 15 is 0 Å². The van der Waals surface area contributed by atoms with Crippen LogP contribution < -0.4 is 9.80 Å². The van der Waals surface area contributed by atoms with Crippen molar-refractivity contribution in [3.63, 3.8) is 0 Å². The minimum Gasteiger partial charge on any atom is -0.355 e. The first-order valence-electron chi connectivity index (χ1n) is 10.2. The molecule has 1 N–H and O–H groups in total. The fraction of sp³-hybridized carbons (Fsp3) is 0.217. The summed E-state index contributed by atoms with van der Waals surface area (Å²) in [5.41, 5.74) is 2.41. The number of piperazine rings is 1. The highest BCUT2D eigenvalue weighted by atomic mass is 16.6. The van der Waals surface area contributed by atoms with Crippen LogP contribution in [0.2, 0.25) is 0 Å². The number of quaternary nitrogens is 1. The van der Waals surface area contributed by atoms with Crippen molar-refractivity contribution in [1.82, 2.24) is 0 Å². The van der Waals surface area contributed by atoms with E-state index in [-0.39, 0.29) is 17.4 Å². The number of rotatable bonds is 6. The summed E-state index contributed by atoms with van der Waals surface area (Å²) in [6, 6.07) is 24.8. The molecule has 0 atom stereocenters. The van der Waals surface area contributed by atoms with E-state index in [1.807, 2.05) is 41.3 Å². The van der Waals surface area contributed by atoms with Gasteiger partial charge >= 0.3 is 0 Å². The zero-order valence-corrected chi connectivity index (χ0v) is 16.9. The summed E-state index contributed by atoms with van der Waals surface area (Å²) in [5, 5.41) is 22.5. The van der Waals surface area contributed by atoms with Gasteiger partial charge in [0.05, 0.1) is 42.1 Å². The largest absolute Gasteiger partial charge is 0.355 e. The summed E-state index contributed by atoms with van der Waals surface area (Å²) in [5.74, 6) is 0. The van der Waals surface area contributed by atoms with E-state index in [1.165, 1.54) is 28.2 Å². The molecule has 3 aromatic carbocycles. The number of benzene rings is 3. The van der Waals surface area contributed by atoms with Crippen LogP contribution in [0, 0.1) is 20.2 Å². The van der Waals surface area contributed by atoms with E-state index in [0.29, 0.717) is 18.8 Å². The monoisotopic (exact) mass is 419 g/mol. The Kier molecular flexibility index (Phi) is 5.90. The fourth-order valence-corrected chi connectivity index (χ4v) is 4.32. The molecule has 0 amide bonds. The first-order chi connectivity index (χ1) is 15.0. The molecule has 0 aromatic heterocycles. The Morgan fingerprint density at radius 2 is 1.32 bits per heavy atom. The molecule has 0 unspecified atom stereocenters. The van der Waals surface area contributed by atoms with Gasteiger partial charge in [0.2, 0.25) is 0 Å². The van der Waals surface area contributed by atoms with Gasteiger partial charge in [0.1, 0.15) is 11.7 Å². The van der Waals surface area contributed by atoms with Crippen LogP contribution in [-0.4, -0.2) is 36.0 Å². The van der Waals surface area contributed by atoms with Gasteiger partial charge < -0.3 is 9.80 Å². The molecule has 0 aliphatic carbocycles. The number of hydrogen-bond donors (Lipinski definition) is 1. The van der Waals surface area contributed by atoms with Crippen molar-refractivity contribution < 1.29 is 14.7 Å². The van der Waals surface area contributed by atoms with Crippen molar-refractivity contribution in [2.24, 2.45) is 0 Å². The molecule has 0 bridgehead atoms. The van der Waals surface area contributed by atoms with Crippen molar-refractivity contribution in [3.05, 3.63) is 110 Å². The lowest BCUT2D eigenvalue weighted by atomic mass is 9.96. The van der Waals surface area contributed by atoms with Gasteiger partial charge in [0.15, 0.2) is 0 Å². The molecule has 8 heteroatoms. The normalized spacial score (nSPS) is 14.5. The van der Waals surface area contributed by atoms with Gasteiger partial charge in [-0.05, 0) is 6.07 Å². The average Bonchev–Trinajstić information content (AvgIpc) is 2.81. The van der Waals surface area contributed by atoms with Gasteiger partial charge in [-0.1, -0.05) is 60.7 Å². The Morgan fingerprint density at radius 3 is 1.81 bits per heavy atom. The Balaban J connectivity index is 1.57. The highest BCUT2D eigenvalue weighted by molar-refractivity contribution is 5.67. The van der Waals surface area contributed by atoms with Crippen molar-refractivity contribution in [2.75, 3.05) is 31.1 Å². The molecular formula is C23H23N4O4+. The topological polar surface area (TPSA) is 94.0 Å². The number of non-ortho nitro benzene ring substituents is 1. The average molecular weight is 419 g/mol. The van der Waals surface area contributed by atoms with Crippen LogP contribution in [0.3, 0.4) is 0 Å². The molecular weight excluding hydrogens is 396 g/mol. The maximum absolute atomic E-state index is 11.5. The number of nitro benzene ring substituents is 2. The van der Waals surface area contributed by atoms with Gasteiger partial charge in [-0.15, -0.1) is 0 Å². The first kappa shape index (κ1) is 20.5. The Hall–Kier alpha value is -3.78. The van der Waals surface area contributed by atoms with Crippen LogP contribution in [0.15, 0.2) is 78.9 Å². The number of hydrogen-bond acceptors (Lipinski definition) is 5. The zero-order chi connectivity index (χ0) is 21.8. The summed E-state index contributed by atoms with van der Waals surface area (Å²) in [6.07, 6.45) is 0. The molecule has 1 saturated heterocycles. The molecule has 4 rings (SSSR count). The number of nitro groups is 2. The summed E-state index contributed by atoms with van der Waals surface area (Å²) in [7, 11) is 0. The Morgan fingerprint density at radius 1 is 0.774 bits per heavy atom. The van der Waals surface area contributed by atoms with Gasteiger partial charge in [0.25, 0.3) is 11.4 Å². The summed E-state index contributed by atoms with van der Waals surface area (Å²) in [4.78, 5) is 24.7.